The first-order valence-corrected chi connectivity index (χ1v) is 7.77. The van der Waals surface area contributed by atoms with Crippen LogP contribution in [-0.2, 0) is 13.0 Å². The summed E-state index contributed by atoms with van der Waals surface area (Å²) in [5.74, 6) is 1.78. The molecule has 1 heterocycles. The van der Waals surface area contributed by atoms with Gasteiger partial charge in [-0.15, -0.1) is 24.0 Å². The van der Waals surface area contributed by atoms with Crippen molar-refractivity contribution in [3.05, 3.63) is 66.0 Å². The van der Waals surface area contributed by atoms with E-state index in [1.165, 1.54) is 5.56 Å². The van der Waals surface area contributed by atoms with E-state index in [9.17, 15) is 0 Å². The van der Waals surface area contributed by atoms with Gasteiger partial charge in [-0.1, -0.05) is 42.5 Å². The fourth-order valence-corrected chi connectivity index (χ4v) is 2.43. The minimum absolute atomic E-state index is 0. The van der Waals surface area contributed by atoms with Crippen molar-refractivity contribution in [2.24, 2.45) is 4.99 Å². The SMILES string of the molecule is CN=C(NCCc1nc2ccccc2[nH]1)NCc1ccccc1.I. The second-order valence-electron chi connectivity index (χ2n) is 5.29. The number of aliphatic imine (C=N–C) groups is 1. The van der Waals surface area contributed by atoms with Crippen LogP contribution in [0.1, 0.15) is 11.4 Å². The van der Waals surface area contributed by atoms with Gasteiger partial charge in [-0.05, 0) is 17.7 Å². The third-order valence-electron chi connectivity index (χ3n) is 3.62. The molecule has 0 aliphatic heterocycles. The largest absolute Gasteiger partial charge is 0.356 e. The van der Waals surface area contributed by atoms with Gasteiger partial charge in [0.15, 0.2) is 5.96 Å². The molecular weight excluding hydrogens is 413 g/mol. The maximum absolute atomic E-state index is 4.57. The molecule has 0 radical (unpaired) electrons. The van der Waals surface area contributed by atoms with Gasteiger partial charge in [-0.25, -0.2) is 4.98 Å². The summed E-state index contributed by atoms with van der Waals surface area (Å²) in [7, 11) is 1.78. The molecule has 24 heavy (non-hydrogen) atoms. The number of rotatable bonds is 5. The highest BCUT2D eigenvalue weighted by Gasteiger charge is 2.03. The molecule has 0 atom stereocenters. The van der Waals surface area contributed by atoms with Crippen LogP contribution in [0.3, 0.4) is 0 Å². The van der Waals surface area contributed by atoms with Gasteiger partial charge < -0.3 is 15.6 Å². The predicted octanol–water partition coefficient (Wildman–Crippen LogP) is 3.09. The van der Waals surface area contributed by atoms with Gasteiger partial charge in [0, 0.05) is 26.6 Å². The molecule has 5 nitrogen and oxygen atoms in total. The number of nitrogens with one attached hydrogen (secondary N) is 3. The molecule has 0 unspecified atom stereocenters. The summed E-state index contributed by atoms with van der Waals surface area (Å²) < 4.78 is 0. The average molecular weight is 435 g/mol. The number of guanidine groups is 1. The molecule has 0 fully saturated rings. The Morgan fingerprint density at radius 2 is 1.79 bits per heavy atom. The van der Waals surface area contributed by atoms with E-state index in [1.807, 2.05) is 42.5 Å². The van der Waals surface area contributed by atoms with Crippen LogP contribution < -0.4 is 10.6 Å². The summed E-state index contributed by atoms with van der Waals surface area (Å²) in [5.41, 5.74) is 3.32. The molecule has 0 spiro atoms. The number of para-hydroxylation sites is 2. The maximum Gasteiger partial charge on any atom is 0.191 e. The van der Waals surface area contributed by atoms with Crippen molar-refractivity contribution in [1.82, 2.24) is 20.6 Å². The van der Waals surface area contributed by atoms with Crippen LogP contribution in [-0.4, -0.2) is 29.5 Å². The summed E-state index contributed by atoms with van der Waals surface area (Å²) >= 11 is 0. The molecule has 3 N–H and O–H groups in total. The van der Waals surface area contributed by atoms with Gasteiger partial charge in [0.05, 0.1) is 11.0 Å². The topological polar surface area (TPSA) is 65.1 Å². The molecule has 0 aliphatic carbocycles. The zero-order valence-corrected chi connectivity index (χ0v) is 16.0. The zero-order chi connectivity index (χ0) is 15.9. The quantitative estimate of drug-likeness (QED) is 0.328. The molecule has 6 heteroatoms. The van der Waals surface area contributed by atoms with Gasteiger partial charge in [0.2, 0.25) is 0 Å². The fourth-order valence-electron chi connectivity index (χ4n) is 2.43. The fraction of sp³-hybridized carbons (Fsp3) is 0.222. The first-order valence-electron chi connectivity index (χ1n) is 7.77. The number of hydrogen-bond donors (Lipinski definition) is 3. The van der Waals surface area contributed by atoms with Crippen LogP contribution in [0.4, 0.5) is 0 Å². The van der Waals surface area contributed by atoms with Gasteiger partial charge in [-0.3, -0.25) is 4.99 Å². The standard InChI is InChI=1S/C18H21N5.HI/c1-19-18(21-13-14-7-3-2-4-8-14)20-12-11-17-22-15-9-5-6-10-16(15)23-17;/h2-10H,11-13H2,1H3,(H,22,23)(H2,19,20,21);1H. The number of benzene rings is 2. The van der Waals surface area contributed by atoms with Crippen LogP contribution in [0.2, 0.25) is 0 Å². The summed E-state index contributed by atoms with van der Waals surface area (Å²) in [6, 6.07) is 18.3. The molecule has 0 saturated heterocycles. The van der Waals surface area contributed by atoms with E-state index in [0.29, 0.717) is 0 Å². The Morgan fingerprint density at radius 3 is 2.54 bits per heavy atom. The van der Waals surface area contributed by atoms with Crippen molar-refractivity contribution in [1.29, 1.82) is 0 Å². The number of aromatic nitrogens is 2. The second-order valence-corrected chi connectivity index (χ2v) is 5.29. The lowest BCUT2D eigenvalue weighted by atomic mass is 10.2. The lowest BCUT2D eigenvalue weighted by molar-refractivity contribution is 0.777. The molecule has 0 bridgehead atoms. The highest BCUT2D eigenvalue weighted by atomic mass is 127. The van der Waals surface area contributed by atoms with E-state index in [0.717, 1.165) is 42.3 Å². The minimum Gasteiger partial charge on any atom is -0.356 e. The van der Waals surface area contributed by atoms with Crippen LogP contribution in [0.15, 0.2) is 59.6 Å². The number of fused-ring (bicyclic) bond motifs is 1. The van der Waals surface area contributed by atoms with Crippen LogP contribution >= 0.6 is 24.0 Å². The number of H-pyrrole nitrogens is 1. The van der Waals surface area contributed by atoms with Crippen molar-refractivity contribution >= 4 is 41.0 Å². The summed E-state index contributed by atoms with van der Waals surface area (Å²) in [6.07, 6.45) is 0.820. The normalized spacial score (nSPS) is 11.1. The van der Waals surface area contributed by atoms with Crippen LogP contribution in [0.5, 0.6) is 0 Å². The maximum atomic E-state index is 4.57. The summed E-state index contributed by atoms with van der Waals surface area (Å²) in [6.45, 7) is 1.53. The van der Waals surface area contributed by atoms with Crippen molar-refractivity contribution in [2.45, 2.75) is 13.0 Å². The molecule has 3 rings (SSSR count). The third kappa shape index (κ3) is 4.95. The zero-order valence-electron chi connectivity index (χ0n) is 13.6. The number of aromatic amines is 1. The van der Waals surface area contributed by atoms with E-state index in [4.69, 9.17) is 0 Å². The first-order chi connectivity index (χ1) is 11.3. The Labute approximate surface area is 159 Å². The Bertz CT molecular complexity index is 749. The average Bonchev–Trinajstić information content (AvgIpc) is 3.01. The third-order valence-corrected chi connectivity index (χ3v) is 3.62. The highest BCUT2D eigenvalue weighted by Crippen LogP contribution is 2.10. The number of hydrogen-bond acceptors (Lipinski definition) is 2. The predicted molar refractivity (Wildman–Crippen MR) is 110 cm³/mol. The summed E-state index contributed by atoms with van der Waals surface area (Å²) in [5, 5.41) is 6.62. The summed E-state index contributed by atoms with van der Waals surface area (Å²) in [4.78, 5) is 12.1. The highest BCUT2D eigenvalue weighted by molar-refractivity contribution is 14.0. The smallest absolute Gasteiger partial charge is 0.191 e. The first kappa shape index (κ1) is 18.3. The van der Waals surface area contributed by atoms with Crippen molar-refractivity contribution in [2.75, 3.05) is 13.6 Å². The Balaban J connectivity index is 0.00000208. The molecule has 0 saturated carbocycles. The second kappa shape index (κ2) is 9.27. The lowest BCUT2D eigenvalue weighted by Crippen LogP contribution is -2.37. The molecule has 2 aromatic carbocycles. The Morgan fingerprint density at radius 1 is 1.04 bits per heavy atom. The van der Waals surface area contributed by atoms with E-state index < -0.39 is 0 Å². The molecular formula is C18H22IN5. The number of halogens is 1. The molecule has 0 amide bonds. The molecule has 1 aromatic heterocycles. The molecule has 3 aromatic rings. The molecule has 0 aliphatic rings. The monoisotopic (exact) mass is 435 g/mol. The van der Waals surface area contributed by atoms with Crippen molar-refractivity contribution < 1.29 is 0 Å². The van der Waals surface area contributed by atoms with E-state index in [1.54, 1.807) is 7.05 Å². The van der Waals surface area contributed by atoms with Gasteiger partial charge >= 0.3 is 0 Å². The number of nitrogens with zero attached hydrogens (tertiary/aromatic N) is 2. The van der Waals surface area contributed by atoms with Crippen molar-refractivity contribution in [3.63, 3.8) is 0 Å². The van der Waals surface area contributed by atoms with Gasteiger partial charge in [-0.2, -0.15) is 0 Å². The van der Waals surface area contributed by atoms with Gasteiger partial charge in [0.25, 0.3) is 0 Å². The minimum atomic E-state index is 0. The van der Waals surface area contributed by atoms with Crippen LogP contribution in [0, 0.1) is 0 Å². The van der Waals surface area contributed by atoms with Gasteiger partial charge in [0.1, 0.15) is 5.82 Å². The number of imidazole rings is 1. The van der Waals surface area contributed by atoms with E-state index >= 15 is 0 Å². The Kier molecular flexibility index (Phi) is 7.05. The lowest BCUT2D eigenvalue weighted by Gasteiger charge is -2.11. The van der Waals surface area contributed by atoms with E-state index in [2.05, 4.69) is 37.7 Å². The van der Waals surface area contributed by atoms with Crippen molar-refractivity contribution in [3.8, 4) is 0 Å². The molecule has 126 valence electrons. The Hall–Kier alpha value is -2.09. The van der Waals surface area contributed by atoms with Crippen LogP contribution in [0.25, 0.3) is 11.0 Å². The van der Waals surface area contributed by atoms with E-state index in [-0.39, 0.29) is 24.0 Å².